The van der Waals surface area contributed by atoms with Crippen molar-refractivity contribution in [2.45, 2.75) is 13.3 Å². The number of ketones is 1. The van der Waals surface area contributed by atoms with Crippen molar-refractivity contribution in [3.63, 3.8) is 0 Å². The number of carbonyl (C=O) groups excluding carboxylic acids is 3. The number of halogens is 1. The first-order valence-corrected chi connectivity index (χ1v) is 6.19. The van der Waals surface area contributed by atoms with E-state index in [0.29, 0.717) is 5.56 Å². The number of aryl methyl sites for hydroxylation is 1. The van der Waals surface area contributed by atoms with Crippen molar-refractivity contribution in [2.24, 2.45) is 0 Å². The maximum absolute atomic E-state index is 14.0. The van der Waals surface area contributed by atoms with E-state index < -0.39 is 17.5 Å². The molecular formula is C14H15FN2O3. The summed E-state index contributed by atoms with van der Waals surface area (Å²) in [7, 11) is 3.19. The number of amides is 2. The monoisotopic (exact) mass is 278 g/mol. The molecule has 1 aliphatic rings. The van der Waals surface area contributed by atoms with Crippen LogP contribution in [0.5, 0.6) is 0 Å². The van der Waals surface area contributed by atoms with E-state index in [1.165, 1.54) is 17.0 Å². The first kappa shape index (κ1) is 14.2. The zero-order valence-electron chi connectivity index (χ0n) is 11.6. The van der Waals surface area contributed by atoms with Gasteiger partial charge >= 0.3 is 0 Å². The van der Waals surface area contributed by atoms with Gasteiger partial charge in [0.05, 0.1) is 11.3 Å². The molecule has 2 amide bonds. The van der Waals surface area contributed by atoms with E-state index >= 15 is 0 Å². The number of carbonyl (C=O) groups is 3. The lowest BCUT2D eigenvalue weighted by Crippen LogP contribution is -2.34. The van der Waals surface area contributed by atoms with Gasteiger partial charge in [-0.25, -0.2) is 4.39 Å². The van der Waals surface area contributed by atoms with Crippen molar-refractivity contribution in [2.75, 3.05) is 25.5 Å². The number of fused-ring (bicyclic) bond motifs is 1. The third-order valence-electron chi connectivity index (χ3n) is 3.21. The number of benzene rings is 1. The Bertz CT molecular complexity index is 611. The second kappa shape index (κ2) is 5.03. The van der Waals surface area contributed by atoms with E-state index in [0.717, 1.165) is 4.90 Å². The second-order valence-electron chi connectivity index (χ2n) is 4.97. The minimum Gasteiger partial charge on any atom is -0.349 e. The standard InChI is InChI=1S/C14H15FN2O3/c1-8-6-9-12(10(15)7-8)17(14(20)13(9)19)5-4-11(18)16(2)3/h6-7H,4-5H2,1-3H3. The number of hydrogen-bond acceptors (Lipinski definition) is 3. The molecule has 0 saturated carbocycles. The third kappa shape index (κ3) is 2.29. The fraction of sp³-hybridized carbons (Fsp3) is 0.357. The van der Waals surface area contributed by atoms with Crippen LogP contribution in [0.3, 0.4) is 0 Å². The highest BCUT2D eigenvalue weighted by Crippen LogP contribution is 2.32. The Morgan fingerprint density at radius 3 is 2.55 bits per heavy atom. The molecule has 0 radical (unpaired) electrons. The molecular weight excluding hydrogens is 263 g/mol. The summed E-state index contributed by atoms with van der Waals surface area (Å²) in [4.78, 5) is 37.7. The molecule has 0 fully saturated rings. The molecule has 0 bridgehead atoms. The molecule has 0 N–H and O–H groups in total. The van der Waals surface area contributed by atoms with Gasteiger partial charge in [0.25, 0.3) is 11.7 Å². The Labute approximate surface area is 116 Å². The summed E-state index contributed by atoms with van der Waals surface area (Å²) in [6.45, 7) is 1.65. The van der Waals surface area contributed by atoms with Crippen LogP contribution in [-0.2, 0) is 9.59 Å². The smallest absolute Gasteiger partial charge is 0.299 e. The van der Waals surface area contributed by atoms with E-state index in [-0.39, 0.29) is 30.1 Å². The second-order valence-corrected chi connectivity index (χ2v) is 4.97. The van der Waals surface area contributed by atoms with Crippen molar-refractivity contribution in [1.82, 2.24) is 4.90 Å². The van der Waals surface area contributed by atoms with Gasteiger partial charge in [0.15, 0.2) is 0 Å². The zero-order chi connectivity index (χ0) is 15.0. The predicted molar refractivity (Wildman–Crippen MR) is 71.1 cm³/mol. The van der Waals surface area contributed by atoms with Crippen LogP contribution in [0.4, 0.5) is 10.1 Å². The molecule has 0 spiro atoms. The van der Waals surface area contributed by atoms with Crippen molar-refractivity contribution < 1.29 is 18.8 Å². The molecule has 2 rings (SSSR count). The average Bonchev–Trinajstić information content (AvgIpc) is 2.60. The summed E-state index contributed by atoms with van der Waals surface area (Å²) < 4.78 is 14.0. The first-order valence-electron chi connectivity index (χ1n) is 6.19. The lowest BCUT2D eigenvalue weighted by molar-refractivity contribution is -0.128. The van der Waals surface area contributed by atoms with Crippen molar-refractivity contribution in [1.29, 1.82) is 0 Å². The lowest BCUT2D eigenvalue weighted by atomic mass is 10.1. The van der Waals surface area contributed by atoms with E-state index in [2.05, 4.69) is 0 Å². The van der Waals surface area contributed by atoms with Crippen molar-refractivity contribution in [3.8, 4) is 0 Å². The molecule has 1 aromatic carbocycles. The summed E-state index contributed by atoms with van der Waals surface area (Å²) in [5.74, 6) is -2.31. The van der Waals surface area contributed by atoms with Crippen molar-refractivity contribution >= 4 is 23.3 Å². The van der Waals surface area contributed by atoms with Crippen LogP contribution < -0.4 is 4.90 Å². The highest BCUT2D eigenvalue weighted by Gasteiger charge is 2.38. The molecule has 0 atom stereocenters. The normalized spacial score (nSPS) is 13.7. The number of nitrogens with zero attached hydrogens (tertiary/aromatic N) is 2. The van der Waals surface area contributed by atoms with Gasteiger partial charge in [-0.05, 0) is 24.6 Å². The molecule has 0 unspecified atom stereocenters. The maximum atomic E-state index is 14.0. The van der Waals surface area contributed by atoms with Gasteiger partial charge in [0, 0.05) is 27.1 Å². The minimum absolute atomic E-state index is 0.00539. The SMILES string of the molecule is Cc1cc(F)c2c(c1)C(=O)C(=O)N2CCC(=O)N(C)C. The molecule has 1 aliphatic heterocycles. The summed E-state index contributed by atoms with van der Waals surface area (Å²) in [5, 5.41) is 0. The predicted octanol–water partition coefficient (Wildman–Crippen LogP) is 1.14. The Morgan fingerprint density at radius 1 is 1.30 bits per heavy atom. The van der Waals surface area contributed by atoms with Gasteiger partial charge < -0.3 is 9.80 Å². The fourth-order valence-electron chi connectivity index (χ4n) is 2.17. The molecule has 6 heteroatoms. The van der Waals surface area contributed by atoms with Crippen LogP contribution in [0.2, 0.25) is 0 Å². The molecule has 20 heavy (non-hydrogen) atoms. The van der Waals surface area contributed by atoms with Gasteiger partial charge in [-0.1, -0.05) is 0 Å². The fourth-order valence-corrected chi connectivity index (χ4v) is 2.17. The molecule has 5 nitrogen and oxygen atoms in total. The molecule has 1 aromatic rings. The van der Waals surface area contributed by atoms with E-state index in [1.54, 1.807) is 21.0 Å². The molecule has 0 aromatic heterocycles. The summed E-state index contributed by atoms with van der Waals surface area (Å²) in [5.41, 5.74) is 0.635. The van der Waals surface area contributed by atoms with Gasteiger partial charge in [0.2, 0.25) is 5.91 Å². The average molecular weight is 278 g/mol. The maximum Gasteiger partial charge on any atom is 0.299 e. The van der Waals surface area contributed by atoms with Crippen molar-refractivity contribution in [3.05, 3.63) is 29.1 Å². The van der Waals surface area contributed by atoms with E-state index in [9.17, 15) is 18.8 Å². The Hall–Kier alpha value is -2.24. The van der Waals surface area contributed by atoms with Gasteiger partial charge in [-0.3, -0.25) is 14.4 Å². The third-order valence-corrected chi connectivity index (χ3v) is 3.21. The number of anilines is 1. The van der Waals surface area contributed by atoms with Gasteiger partial charge in [-0.2, -0.15) is 0 Å². The molecule has 0 aliphatic carbocycles. The van der Waals surface area contributed by atoms with E-state index in [1.807, 2.05) is 0 Å². The number of rotatable bonds is 3. The summed E-state index contributed by atoms with van der Waals surface area (Å²) in [6.07, 6.45) is 0.0405. The van der Waals surface area contributed by atoms with Crippen LogP contribution in [0.1, 0.15) is 22.3 Å². The quantitative estimate of drug-likeness (QED) is 0.779. The Kier molecular flexibility index (Phi) is 3.57. The first-order chi connectivity index (χ1) is 9.32. The Morgan fingerprint density at radius 2 is 1.95 bits per heavy atom. The van der Waals surface area contributed by atoms with Crippen LogP contribution >= 0.6 is 0 Å². The highest BCUT2D eigenvalue weighted by atomic mass is 19.1. The summed E-state index contributed by atoms with van der Waals surface area (Å²) >= 11 is 0. The zero-order valence-corrected chi connectivity index (χ0v) is 11.6. The highest BCUT2D eigenvalue weighted by molar-refractivity contribution is 6.52. The van der Waals surface area contributed by atoms with Crippen LogP contribution in [0.25, 0.3) is 0 Å². The Balaban J connectivity index is 2.31. The largest absolute Gasteiger partial charge is 0.349 e. The number of hydrogen-bond donors (Lipinski definition) is 0. The van der Waals surface area contributed by atoms with Crippen LogP contribution in [0, 0.1) is 12.7 Å². The van der Waals surface area contributed by atoms with Crippen LogP contribution in [-0.4, -0.2) is 43.1 Å². The molecule has 0 saturated heterocycles. The van der Waals surface area contributed by atoms with Gasteiger partial charge in [0.1, 0.15) is 5.82 Å². The number of Topliss-reactive ketones (excluding diaryl/α,β-unsaturated/α-hetero) is 1. The van der Waals surface area contributed by atoms with E-state index in [4.69, 9.17) is 0 Å². The van der Waals surface area contributed by atoms with Crippen LogP contribution in [0.15, 0.2) is 12.1 Å². The lowest BCUT2D eigenvalue weighted by Gasteiger charge is -2.18. The molecule has 106 valence electrons. The topological polar surface area (TPSA) is 57.7 Å². The van der Waals surface area contributed by atoms with Gasteiger partial charge in [-0.15, -0.1) is 0 Å². The minimum atomic E-state index is -0.781. The molecule has 1 heterocycles. The summed E-state index contributed by atoms with van der Waals surface area (Å²) in [6, 6.07) is 2.76.